The molecule has 0 saturated heterocycles. The Balaban J connectivity index is 1.96. The molecule has 116 valence electrons. The van der Waals surface area contributed by atoms with Crippen LogP contribution >= 0.6 is 22.9 Å². The Labute approximate surface area is 140 Å². The van der Waals surface area contributed by atoms with Gasteiger partial charge in [-0.25, -0.2) is 9.37 Å². The highest BCUT2D eigenvalue weighted by Crippen LogP contribution is 2.30. The van der Waals surface area contributed by atoms with Crippen molar-refractivity contribution in [2.45, 2.75) is 0 Å². The van der Waals surface area contributed by atoms with E-state index in [9.17, 15) is 9.18 Å². The number of para-hydroxylation sites is 1. The summed E-state index contributed by atoms with van der Waals surface area (Å²) in [4.78, 5) is 16.6. The lowest BCUT2D eigenvalue weighted by Crippen LogP contribution is -2.15. The molecule has 0 aliphatic rings. The smallest absolute Gasteiger partial charge is 0.260 e. The number of benzene rings is 2. The van der Waals surface area contributed by atoms with Crippen LogP contribution in [-0.2, 0) is 0 Å². The van der Waals surface area contributed by atoms with Gasteiger partial charge >= 0.3 is 0 Å². The molecule has 1 heterocycles. The van der Waals surface area contributed by atoms with Crippen LogP contribution in [0, 0.1) is 5.82 Å². The van der Waals surface area contributed by atoms with Gasteiger partial charge in [-0.05, 0) is 18.2 Å². The number of aromatic nitrogens is 1. The maximum absolute atomic E-state index is 13.9. The zero-order chi connectivity index (χ0) is 16.4. The number of hydrogen-bond donors (Lipinski definition) is 2. The van der Waals surface area contributed by atoms with Gasteiger partial charge in [0.2, 0.25) is 0 Å². The topological polar surface area (TPSA) is 68.0 Å². The number of rotatable bonds is 3. The van der Waals surface area contributed by atoms with Crippen molar-refractivity contribution in [3.8, 4) is 11.3 Å². The number of hydrogen-bond acceptors (Lipinski definition) is 4. The average Bonchev–Trinajstić information content (AvgIpc) is 2.94. The summed E-state index contributed by atoms with van der Waals surface area (Å²) in [5.41, 5.74) is 7.30. The highest BCUT2D eigenvalue weighted by molar-refractivity contribution is 7.13. The fourth-order valence-corrected chi connectivity index (χ4v) is 2.94. The van der Waals surface area contributed by atoms with Crippen LogP contribution in [0.15, 0.2) is 47.8 Å². The summed E-state index contributed by atoms with van der Waals surface area (Å²) < 4.78 is 13.9. The molecule has 3 rings (SSSR count). The van der Waals surface area contributed by atoms with Gasteiger partial charge in [0.25, 0.3) is 5.91 Å². The summed E-state index contributed by atoms with van der Waals surface area (Å²) in [6.07, 6.45) is 0. The van der Waals surface area contributed by atoms with Crippen LogP contribution in [-0.4, -0.2) is 10.9 Å². The molecule has 3 N–H and O–H groups in total. The molecule has 0 aliphatic heterocycles. The molecule has 0 fully saturated rings. The van der Waals surface area contributed by atoms with Crippen molar-refractivity contribution in [1.82, 2.24) is 4.98 Å². The maximum atomic E-state index is 13.9. The van der Waals surface area contributed by atoms with E-state index in [2.05, 4.69) is 10.3 Å². The molecule has 3 aromatic rings. The summed E-state index contributed by atoms with van der Waals surface area (Å²) in [7, 11) is 0. The Kier molecular flexibility index (Phi) is 4.27. The van der Waals surface area contributed by atoms with Crippen LogP contribution in [0.25, 0.3) is 11.3 Å². The van der Waals surface area contributed by atoms with E-state index < -0.39 is 11.7 Å². The molecule has 0 aliphatic carbocycles. The molecule has 0 unspecified atom stereocenters. The fraction of sp³-hybridized carbons (Fsp3) is 0. The highest BCUT2D eigenvalue weighted by Gasteiger charge is 2.17. The van der Waals surface area contributed by atoms with Crippen LogP contribution in [0.2, 0.25) is 5.02 Å². The van der Waals surface area contributed by atoms with Gasteiger partial charge in [-0.2, -0.15) is 0 Å². The lowest BCUT2D eigenvalue weighted by atomic mass is 10.1. The molecule has 0 saturated carbocycles. The number of nitrogens with two attached hydrogens (primary N) is 1. The first-order chi connectivity index (χ1) is 11.1. The van der Waals surface area contributed by atoms with E-state index in [-0.39, 0.29) is 10.6 Å². The van der Waals surface area contributed by atoms with Gasteiger partial charge in [0.05, 0.1) is 22.0 Å². The third kappa shape index (κ3) is 3.18. The predicted octanol–water partition coefficient (Wildman–Crippen LogP) is 4.44. The van der Waals surface area contributed by atoms with E-state index >= 15 is 0 Å². The van der Waals surface area contributed by atoms with Crippen molar-refractivity contribution < 1.29 is 9.18 Å². The minimum Gasteiger partial charge on any atom is -0.375 e. The van der Waals surface area contributed by atoms with Crippen LogP contribution in [0.4, 0.5) is 15.2 Å². The Bertz CT molecular complexity index is 861. The number of anilines is 2. The maximum Gasteiger partial charge on any atom is 0.260 e. The molecule has 2 aromatic carbocycles. The van der Waals surface area contributed by atoms with Gasteiger partial charge < -0.3 is 11.1 Å². The quantitative estimate of drug-likeness (QED) is 0.736. The normalized spacial score (nSPS) is 10.5. The van der Waals surface area contributed by atoms with Crippen LogP contribution in [0.5, 0.6) is 0 Å². The standard InChI is InChI=1S/C16H11ClFN3OS/c17-10-5-3-6-11(18)14(10)15(22)20-12-7-2-1-4-9(12)13-8-23-16(19)21-13/h1-8H,(H2,19,21)(H,20,22). The molecular formula is C16H11ClFN3OS. The van der Waals surface area contributed by atoms with Gasteiger partial charge in [0.1, 0.15) is 5.82 Å². The van der Waals surface area contributed by atoms with Crippen molar-refractivity contribution in [2.75, 3.05) is 11.1 Å². The Morgan fingerprint density at radius 3 is 2.70 bits per heavy atom. The highest BCUT2D eigenvalue weighted by atomic mass is 35.5. The van der Waals surface area contributed by atoms with Crippen LogP contribution in [0.1, 0.15) is 10.4 Å². The minimum atomic E-state index is -0.676. The van der Waals surface area contributed by atoms with E-state index in [0.717, 1.165) is 0 Å². The van der Waals surface area contributed by atoms with Gasteiger partial charge in [-0.15, -0.1) is 11.3 Å². The number of carbonyl (C=O) groups excluding carboxylic acids is 1. The minimum absolute atomic E-state index is 0.0536. The third-order valence-electron chi connectivity index (χ3n) is 3.16. The number of thiazole rings is 1. The zero-order valence-electron chi connectivity index (χ0n) is 11.7. The summed E-state index contributed by atoms with van der Waals surface area (Å²) in [6.45, 7) is 0. The third-order valence-corrected chi connectivity index (χ3v) is 4.15. The van der Waals surface area contributed by atoms with Gasteiger partial charge in [-0.3, -0.25) is 4.79 Å². The number of halogens is 2. The number of nitrogens with zero attached hydrogens (tertiary/aromatic N) is 1. The predicted molar refractivity (Wildman–Crippen MR) is 91.3 cm³/mol. The Morgan fingerprint density at radius 1 is 1.22 bits per heavy atom. The second-order valence-corrected chi connectivity index (χ2v) is 5.96. The largest absolute Gasteiger partial charge is 0.375 e. The van der Waals surface area contributed by atoms with E-state index in [1.54, 1.807) is 23.6 Å². The van der Waals surface area contributed by atoms with Gasteiger partial charge in [-0.1, -0.05) is 35.9 Å². The molecule has 1 amide bonds. The monoisotopic (exact) mass is 347 g/mol. The zero-order valence-corrected chi connectivity index (χ0v) is 13.3. The summed E-state index contributed by atoms with van der Waals surface area (Å²) in [5.74, 6) is -1.30. The van der Waals surface area contributed by atoms with E-state index in [4.69, 9.17) is 17.3 Å². The number of amides is 1. The second kappa shape index (κ2) is 6.36. The first-order valence-electron chi connectivity index (χ1n) is 6.62. The van der Waals surface area contributed by atoms with Gasteiger partial charge in [0, 0.05) is 10.9 Å². The van der Waals surface area contributed by atoms with Crippen LogP contribution < -0.4 is 11.1 Å². The first-order valence-corrected chi connectivity index (χ1v) is 7.88. The number of nitrogen functional groups attached to an aromatic ring is 1. The molecule has 0 bridgehead atoms. The molecule has 23 heavy (non-hydrogen) atoms. The molecule has 1 aromatic heterocycles. The van der Waals surface area contributed by atoms with E-state index in [1.807, 2.05) is 6.07 Å². The molecular weight excluding hydrogens is 337 g/mol. The van der Waals surface area contributed by atoms with Crippen molar-refractivity contribution in [3.05, 3.63) is 64.2 Å². The van der Waals surface area contributed by atoms with E-state index in [1.165, 1.54) is 29.5 Å². The summed E-state index contributed by atoms with van der Waals surface area (Å²) >= 11 is 7.22. The van der Waals surface area contributed by atoms with Crippen molar-refractivity contribution >= 4 is 39.7 Å². The molecule has 0 spiro atoms. The average molecular weight is 348 g/mol. The second-order valence-electron chi connectivity index (χ2n) is 4.67. The van der Waals surface area contributed by atoms with Crippen molar-refractivity contribution in [1.29, 1.82) is 0 Å². The SMILES string of the molecule is Nc1nc(-c2ccccc2NC(=O)c2c(F)cccc2Cl)cs1. The lowest BCUT2D eigenvalue weighted by molar-refractivity contribution is 0.102. The van der Waals surface area contributed by atoms with Crippen molar-refractivity contribution in [3.63, 3.8) is 0 Å². The Morgan fingerprint density at radius 2 is 2.00 bits per heavy atom. The lowest BCUT2D eigenvalue weighted by Gasteiger charge is -2.11. The molecule has 0 atom stereocenters. The number of carbonyl (C=O) groups is 1. The molecule has 7 heteroatoms. The fourth-order valence-electron chi connectivity index (χ4n) is 2.13. The first kappa shape index (κ1) is 15.5. The Hall–Kier alpha value is -2.44. The molecule has 4 nitrogen and oxygen atoms in total. The summed E-state index contributed by atoms with van der Waals surface area (Å²) in [6, 6.07) is 11.2. The van der Waals surface area contributed by atoms with Gasteiger partial charge in [0.15, 0.2) is 5.13 Å². The summed E-state index contributed by atoms with van der Waals surface area (Å²) in [5, 5.41) is 4.95. The van der Waals surface area contributed by atoms with Crippen LogP contribution in [0.3, 0.4) is 0 Å². The van der Waals surface area contributed by atoms with E-state index in [0.29, 0.717) is 22.1 Å². The van der Waals surface area contributed by atoms with Crippen molar-refractivity contribution in [2.24, 2.45) is 0 Å². The number of nitrogens with one attached hydrogen (secondary N) is 1. The molecule has 0 radical (unpaired) electrons.